The van der Waals surface area contributed by atoms with E-state index in [4.69, 9.17) is 5.73 Å². The molecule has 0 aliphatic heterocycles. The van der Waals surface area contributed by atoms with Crippen LogP contribution in [0.1, 0.15) is 5.56 Å². The minimum atomic E-state index is 0.679. The van der Waals surface area contributed by atoms with Crippen molar-refractivity contribution in [1.82, 2.24) is 14.5 Å². The molecule has 2 heterocycles. The van der Waals surface area contributed by atoms with Crippen molar-refractivity contribution in [3.8, 4) is 5.82 Å². The molecule has 0 radical (unpaired) electrons. The first-order valence-corrected chi connectivity index (χ1v) is 6.34. The molecule has 3 N–H and O–H groups in total. The van der Waals surface area contributed by atoms with Gasteiger partial charge in [0, 0.05) is 24.6 Å². The number of benzene rings is 1. The summed E-state index contributed by atoms with van der Waals surface area (Å²) in [4.78, 5) is 8.39. The number of nitrogens with zero attached hydrogens (tertiary/aromatic N) is 3. The van der Waals surface area contributed by atoms with Gasteiger partial charge in [0.15, 0.2) is 0 Å². The Hall–Kier alpha value is -2.82. The predicted molar refractivity (Wildman–Crippen MR) is 79.5 cm³/mol. The van der Waals surface area contributed by atoms with Crippen LogP contribution in [-0.4, -0.2) is 14.5 Å². The summed E-state index contributed by atoms with van der Waals surface area (Å²) in [6.07, 6.45) is 7.11. The number of hydrogen-bond donors (Lipinski definition) is 2. The van der Waals surface area contributed by atoms with Gasteiger partial charge in [0.25, 0.3) is 0 Å². The summed E-state index contributed by atoms with van der Waals surface area (Å²) in [6, 6.07) is 11.8. The zero-order chi connectivity index (χ0) is 13.8. The molecule has 5 heteroatoms. The van der Waals surface area contributed by atoms with Gasteiger partial charge in [0.2, 0.25) is 0 Å². The van der Waals surface area contributed by atoms with Gasteiger partial charge in [-0.2, -0.15) is 0 Å². The van der Waals surface area contributed by atoms with Crippen LogP contribution in [0, 0.1) is 0 Å². The van der Waals surface area contributed by atoms with Crippen LogP contribution in [0.15, 0.2) is 61.3 Å². The van der Waals surface area contributed by atoms with Crippen LogP contribution < -0.4 is 11.1 Å². The smallest absolute Gasteiger partial charge is 0.137 e. The lowest BCUT2D eigenvalue weighted by molar-refractivity contribution is 0.991. The standard InChI is InChI=1S/C15H15N5/c16-14-4-2-1-3-12(14)9-18-13-5-6-15(19-10-13)20-8-7-17-11-20/h1-8,10-11,18H,9,16H2. The van der Waals surface area contributed by atoms with Crippen molar-refractivity contribution >= 4 is 11.4 Å². The zero-order valence-corrected chi connectivity index (χ0v) is 10.9. The maximum Gasteiger partial charge on any atom is 0.137 e. The molecule has 0 unspecified atom stereocenters. The van der Waals surface area contributed by atoms with Gasteiger partial charge < -0.3 is 11.1 Å². The molecule has 0 fully saturated rings. The van der Waals surface area contributed by atoms with E-state index in [0.717, 1.165) is 22.8 Å². The van der Waals surface area contributed by atoms with Gasteiger partial charge in [-0.15, -0.1) is 0 Å². The number of nitrogens with one attached hydrogen (secondary N) is 1. The number of rotatable bonds is 4. The first kappa shape index (κ1) is 12.2. The summed E-state index contributed by atoms with van der Waals surface area (Å²) in [5.74, 6) is 0.840. The molecule has 100 valence electrons. The fourth-order valence-corrected chi connectivity index (χ4v) is 1.93. The molecule has 0 saturated carbocycles. The van der Waals surface area contributed by atoms with E-state index in [1.807, 2.05) is 47.2 Å². The molecule has 3 rings (SSSR count). The summed E-state index contributed by atoms with van der Waals surface area (Å²) in [5, 5.41) is 3.31. The number of anilines is 2. The second-order valence-corrected chi connectivity index (χ2v) is 4.43. The highest BCUT2D eigenvalue weighted by Gasteiger charge is 2.00. The third kappa shape index (κ3) is 2.61. The number of para-hydroxylation sites is 1. The third-order valence-electron chi connectivity index (χ3n) is 3.05. The lowest BCUT2D eigenvalue weighted by Crippen LogP contribution is -2.03. The Bertz CT molecular complexity index is 674. The largest absolute Gasteiger partial charge is 0.398 e. The number of hydrogen-bond acceptors (Lipinski definition) is 4. The number of aromatic nitrogens is 3. The monoisotopic (exact) mass is 265 g/mol. The molecule has 0 amide bonds. The van der Waals surface area contributed by atoms with Crippen LogP contribution in [0.2, 0.25) is 0 Å². The Labute approximate surface area is 117 Å². The van der Waals surface area contributed by atoms with Crippen molar-refractivity contribution < 1.29 is 0 Å². The molecule has 1 aromatic carbocycles. The predicted octanol–water partition coefficient (Wildman–Crippen LogP) is 2.46. The normalized spacial score (nSPS) is 10.4. The van der Waals surface area contributed by atoms with Crippen molar-refractivity contribution in [2.24, 2.45) is 0 Å². The van der Waals surface area contributed by atoms with Crippen LogP contribution in [0.3, 0.4) is 0 Å². The minimum absolute atomic E-state index is 0.679. The molecule has 0 aliphatic carbocycles. The highest BCUT2D eigenvalue weighted by Crippen LogP contribution is 2.14. The van der Waals surface area contributed by atoms with E-state index >= 15 is 0 Å². The Morgan fingerprint density at radius 3 is 2.75 bits per heavy atom. The van der Waals surface area contributed by atoms with Crippen LogP contribution in [0.5, 0.6) is 0 Å². The van der Waals surface area contributed by atoms with Gasteiger partial charge in [-0.25, -0.2) is 9.97 Å². The van der Waals surface area contributed by atoms with E-state index in [1.165, 1.54) is 0 Å². The zero-order valence-electron chi connectivity index (χ0n) is 10.9. The molecule has 0 spiro atoms. The van der Waals surface area contributed by atoms with Gasteiger partial charge >= 0.3 is 0 Å². The van der Waals surface area contributed by atoms with Crippen LogP contribution in [0.4, 0.5) is 11.4 Å². The molecule has 0 aliphatic rings. The SMILES string of the molecule is Nc1ccccc1CNc1ccc(-n2ccnc2)nc1. The molecule has 5 nitrogen and oxygen atoms in total. The molecule has 2 aromatic heterocycles. The summed E-state index contributed by atoms with van der Waals surface area (Å²) in [6.45, 7) is 0.679. The van der Waals surface area contributed by atoms with Crippen LogP contribution in [-0.2, 0) is 6.54 Å². The molecule has 0 bridgehead atoms. The topological polar surface area (TPSA) is 68.8 Å². The minimum Gasteiger partial charge on any atom is -0.398 e. The quantitative estimate of drug-likeness (QED) is 0.711. The van der Waals surface area contributed by atoms with E-state index in [-0.39, 0.29) is 0 Å². The van der Waals surface area contributed by atoms with E-state index in [9.17, 15) is 0 Å². The average molecular weight is 265 g/mol. The first-order valence-electron chi connectivity index (χ1n) is 6.34. The molecule has 20 heavy (non-hydrogen) atoms. The van der Waals surface area contributed by atoms with Gasteiger partial charge in [-0.1, -0.05) is 18.2 Å². The van der Waals surface area contributed by atoms with Crippen molar-refractivity contribution in [2.75, 3.05) is 11.1 Å². The van der Waals surface area contributed by atoms with E-state index in [1.54, 1.807) is 18.7 Å². The maximum absolute atomic E-state index is 5.91. The summed E-state index contributed by atoms with van der Waals surface area (Å²) in [5.41, 5.74) is 8.73. The molecule has 0 atom stereocenters. The molecular weight excluding hydrogens is 250 g/mol. The molecule has 3 aromatic rings. The highest BCUT2D eigenvalue weighted by molar-refractivity contribution is 5.50. The molecule has 0 saturated heterocycles. The van der Waals surface area contributed by atoms with Gasteiger partial charge in [-0.05, 0) is 23.8 Å². The first-order chi connectivity index (χ1) is 9.83. The van der Waals surface area contributed by atoms with E-state index in [0.29, 0.717) is 6.54 Å². The number of nitrogens with two attached hydrogens (primary N) is 1. The summed E-state index contributed by atoms with van der Waals surface area (Å²) < 4.78 is 1.86. The number of nitrogen functional groups attached to an aromatic ring is 1. The van der Waals surface area contributed by atoms with Crippen molar-refractivity contribution in [3.63, 3.8) is 0 Å². The Morgan fingerprint density at radius 1 is 1.15 bits per heavy atom. The highest BCUT2D eigenvalue weighted by atomic mass is 15.1. The van der Waals surface area contributed by atoms with Gasteiger partial charge in [-0.3, -0.25) is 4.57 Å². The van der Waals surface area contributed by atoms with Crippen molar-refractivity contribution in [3.05, 3.63) is 66.9 Å². The van der Waals surface area contributed by atoms with E-state index in [2.05, 4.69) is 15.3 Å². The Kier molecular flexibility index (Phi) is 3.33. The summed E-state index contributed by atoms with van der Waals surface area (Å²) >= 11 is 0. The number of imidazole rings is 1. The lowest BCUT2D eigenvalue weighted by atomic mass is 10.2. The van der Waals surface area contributed by atoms with Crippen molar-refractivity contribution in [2.45, 2.75) is 6.54 Å². The van der Waals surface area contributed by atoms with Crippen molar-refractivity contribution in [1.29, 1.82) is 0 Å². The van der Waals surface area contributed by atoms with Crippen LogP contribution >= 0.6 is 0 Å². The fraction of sp³-hybridized carbons (Fsp3) is 0.0667. The van der Waals surface area contributed by atoms with Crippen LogP contribution in [0.25, 0.3) is 5.82 Å². The Morgan fingerprint density at radius 2 is 2.05 bits per heavy atom. The second-order valence-electron chi connectivity index (χ2n) is 4.43. The van der Waals surface area contributed by atoms with E-state index < -0.39 is 0 Å². The summed E-state index contributed by atoms with van der Waals surface area (Å²) in [7, 11) is 0. The number of pyridine rings is 1. The Balaban J connectivity index is 1.68. The van der Waals surface area contributed by atoms with Gasteiger partial charge in [0.1, 0.15) is 12.1 Å². The third-order valence-corrected chi connectivity index (χ3v) is 3.05. The second kappa shape index (κ2) is 5.44. The maximum atomic E-state index is 5.91. The fourth-order valence-electron chi connectivity index (χ4n) is 1.93. The molecular formula is C15H15N5. The lowest BCUT2D eigenvalue weighted by Gasteiger charge is -2.09. The van der Waals surface area contributed by atoms with Gasteiger partial charge in [0.05, 0.1) is 11.9 Å². The average Bonchev–Trinajstić information content (AvgIpc) is 3.01.